The molecule has 0 bridgehead atoms. The molecule has 0 aliphatic carbocycles. The molecule has 1 N–H and O–H groups in total. The maximum atomic E-state index is 5.20. The predicted molar refractivity (Wildman–Crippen MR) is 77.3 cm³/mol. The quantitative estimate of drug-likeness (QED) is 0.805. The van der Waals surface area contributed by atoms with Crippen LogP contribution in [0.3, 0.4) is 0 Å². The molecule has 0 aliphatic rings. The highest BCUT2D eigenvalue weighted by Crippen LogP contribution is 2.10. The van der Waals surface area contributed by atoms with Crippen LogP contribution < -0.4 is 5.32 Å². The first-order valence-corrected chi connectivity index (χ1v) is 6.97. The van der Waals surface area contributed by atoms with Crippen LogP contribution in [0.15, 0.2) is 28.9 Å². The smallest absolute Gasteiger partial charge is 0.162 e. The maximum Gasteiger partial charge on any atom is 0.162 e. The lowest BCUT2D eigenvalue weighted by atomic mass is 10.2. The van der Waals surface area contributed by atoms with Crippen molar-refractivity contribution in [3.63, 3.8) is 0 Å². The van der Waals surface area contributed by atoms with Gasteiger partial charge in [-0.05, 0) is 24.6 Å². The second-order valence-electron chi connectivity index (χ2n) is 5.37. The average molecular weight is 277 g/mol. The van der Waals surface area contributed by atoms with Crippen LogP contribution in [0, 0.1) is 5.92 Å². The van der Waals surface area contributed by atoms with Crippen molar-refractivity contribution >= 4 is 0 Å². The molecule has 2 rings (SSSR count). The number of methoxy groups -OCH3 is 1. The third-order valence-electron chi connectivity index (χ3n) is 3.01. The fourth-order valence-corrected chi connectivity index (χ4v) is 2.07. The monoisotopic (exact) mass is 277 g/mol. The van der Waals surface area contributed by atoms with Crippen LogP contribution in [0.25, 0.3) is 0 Å². The molecule has 110 valence electrons. The molecular formula is C15H23N3O2. The van der Waals surface area contributed by atoms with Crippen LogP contribution in [-0.4, -0.2) is 23.4 Å². The normalized spacial score (nSPS) is 11.4. The number of rotatable bonds is 8. The van der Waals surface area contributed by atoms with Crippen molar-refractivity contribution < 1.29 is 9.26 Å². The molecule has 0 fully saturated rings. The van der Waals surface area contributed by atoms with E-state index in [1.807, 2.05) is 6.07 Å². The number of ether oxygens (including phenoxy) is 1. The summed E-state index contributed by atoms with van der Waals surface area (Å²) in [5.41, 5.74) is 2.17. The second-order valence-corrected chi connectivity index (χ2v) is 5.37. The minimum absolute atomic E-state index is 0.460. The van der Waals surface area contributed by atoms with E-state index in [2.05, 4.69) is 47.2 Å². The zero-order chi connectivity index (χ0) is 14.4. The van der Waals surface area contributed by atoms with Crippen LogP contribution in [0.2, 0.25) is 0 Å². The molecule has 0 aromatic carbocycles. The lowest BCUT2D eigenvalue weighted by Gasteiger charge is -2.10. The molecule has 0 amide bonds. The highest BCUT2D eigenvalue weighted by atomic mass is 16.5. The Morgan fingerprint density at radius 2 is 2.30 bits per heavy atom. The van der Waals surface area contributed by atoms with Gasteiger partial charge in [-0.2, -0.15) is 0 Å². The van der Waals surface area contributed by atoms with Gasteiger partial charge < -0.3 is 19.1 Å². The summed E-state index contributed by atoms with van der Waals surface area (Å²) >= 11 is 0. The summed E-state index contributed by atoms with van der Waals surface area (Å²) in [4.78, 5) is 0. The molecule has 0 atom stereocenters. The number of aromatic nitrogens is 2. The fraction of sp³-hybridized carbons (Fsp3) is 0.533. The van der Waals surface area contributed by atoms with E-state index in [-0.39, 0.29) is 0 Å². The van der Waals surface area contributed by atoms with Crippen molar-refractivity contribution in [1.82, 2.24) is 15.0 Å². The largest absolute Gasteiger partial charge is 0.377 e. The molecular weight excluding hydrogens is 254 g/mol. The molecule has 5 heteroatoms. The molecule has 0 unspecified atom stereocenters. The van der Waals surface area contributed by atoms with Gasteiger partial charge >= 0.3 is 0 Å². The van der Waals surface area contributed by atoms with E-state index in [0.29, 0.717) is 12.5 Å². The summed E-state index contributed by atoms with van der Waals surface area (Å²) in [5.74, 6) is 1.42. The van der Waals surface area contributed by atoms with Crippen LogP contribution >= 0.6 is 0 Å². The van der Waals surface area contributed by atoms with E-state index < -0.39 is 0 Å². The topological polar surface area (TPSA) is 52.2 Å². The average Bonchev–Trinajstić information content (AvgIpc) is 3.01. The number of hydrogen-bond donors (Lipinski definition) is 1. The number of hydrogen-bond acceptors (Lipinski definition) is 4. The van der Waals surface area contributed by atoms with Gasteiger partial charge in [-0.25, -0.2) is 0 Å². The first kappa shape index (κ1) is 14.8. The zero-order valence-corrected chi connectivity index (χ0v) is 12.4. The Labute approximate surface area is 119 Å². The summed E-state index contributed by atoms with van der Waals surface area (Å²) in [6.07, 6.45) is 2.07. The van der Waals surface area contributed by atoms with E-state index in [0.717, 1.165) is 31.1 Å². The Hall–Kier alpha value is -1.59. The zero-order valence-electron chi connectivity index (χ0n) is 12.4. The Morgan fingerprint density at radius 3 is 3.05 bits per heavy atom. The summed E-state index contributed by atoms with van der Waals surface area (Å²) < 4.78 is 12.4. The Bertz CT molecular complexity index is 517. The van der Waals surface area contributed by atoms with Crippen LogP contribution in [-0.2, 0) is 24.4 Å². The van der Waals surface area contributed by atoms with E-state index in [4.69, 9.17) is 9.26 Å². The van der Waals surface area contributed by atoms with Crippen LogP contribution in [0.4, 0.5) is 0 Å². The highest BCUT2D eigenvalue weighted by Gasteiger charge is 2.07. The molecule has 0 aliphatic heterocycles. The molecule has 2 aromatic rings. The molecule has 5 nitrogen and oxygen atoms in total. The lowest BCUT2D eigenvalue weighted by molar-refractivity contribution is 0.155. The van der Waals surface area contributed by atoms with Crippen molar-refractivity contribution in [3.8, 4) is 0 Å². The van der Waals surface area contributed by atoms with Gasteiger partial charge in [0.1, 0.15) is 12.3 Å². The van der Waals surface area contributed by atoms with E-state index in [1.165, 1.54) is 5.69 Å². The molecule has 0 saturated carbocycles. The molecule has 2 heterocycles. The second kappa shape index (κ2) is 7.26. The van der Waals surface area contributed by atoms with Crippen molar-refractivity contribution in [2.45, 2.75) is 33.5 Å². The van der Waals surface area contributed by atoms with Crippen molar-refractivity contribution in [1.29, 1.82) is 0 Å². The lowest BCUT2D eigenvalue weighted by Crippen LogP contribution is -2.20. The van der Waals surface area contributed by atoms with Gasteiger partial charge in [0, 0.05) is 31.6 Å². The summed E-state index contributed by atoms with van der Waals surface area (Å²) in [7, 11) is 1.65. The first-order chi connectivity index (χ1) is 9.69. The summed E-state index contributed by atoms with van der Waals surface area (Å²) in [6.45, 7) is 7.49. The van der Waals surface area contributed by atoms with E-state index >= 15 is 0 Å². The Morgan fingerprint density at radius 1 is 1.45 bits per heavy atom. The Balaban J connectivity index is 1.93. The van der Waals surface area contributed by atoms with Gasteiger partial charge in [0.25, 0.3) is 0 Å². The van der Waals surface area contributed by atoms with Crippen LogP contribution in [0.1, 0.15) is 31.0 Å². The molecule has 0 radical (unpaired) electrons. The maximum absolute atomic E-state index is 5.20. The Kier molecular flexibility index (Phi) is 5.38. The summed E-state index contributed by atoms with van der Waals surface area (Å²) in [6, 6.07) is 6.13. The minimum atomic E-state index is 0.460. The molecule has 0 spiro atoms. The van der Waals surface area contributed by atoms with E-state index in [9.17, 15) is 0 Å². The number of nitrogens with one attached hydrogen (secondary N) is 1. The van der Waals surface area contributed by atoms with E-state index in [1.54, 1.807) is 7.11 Å². The van der Waals surface area contributed by atoms with Gasteiger partial charge in [0.2, 0.25) is 0 Å². The standard InChI is InChI=1S/C15H23N3O2/c1-12(2)8-16-9-14-5-4-6-18(14)10-13-7-15(11-19-3)20-17-13/h4-7,12,16H,8-11H2,1-3H3. The minimum Gasteiger partial charge on any atom is -0.377 e. The number of nitrogens with zero attached hydrogens (tertiary/aromatic N) is 2. The van der Waals surface area contributed by atoms with Gasteiger partial charge in [-0.15, -0.1) is 0 Å². The van der Waals surface area contributed by atoms with Crippen molar-refractivity contribution in [3.05, 3.63) is 41.5 Å². The third-order valence-corrected chi connectivity index (χ3v) is 3.01. The predicted octanol–water partition coefficient (Wildman–Crippen LogP) is 2.42. The van der Waals surface area contributed by atoms with Crippen LogP contribution in [0.5, 0.6) is 0 Å². The summed E-state index contributed by atoms with van der Waals surface area (Å²) in [5, 5.41) is 7.52. The molecule has 0 saturated heterocycles. The van der Waals surface area contributed by atoms with Gasteiger partial charge in [0.05, 0.1) is 6.54 Å². The molecule has 2 aromatic heterocycles. The first-order valence-electron chi connectivity index (χ1n) is 6.97. The van der Waals surface area contributed by atoms with Crippen molar-refractivity contribution in [2.75, 3.05) is 13.7 Å². The third kappa shape index (κ3) is 4.21. The van der Waals surface area contributed by atoms with Gasteiger partial charge in [-0.1, -0.05) is 19.0 Å². The SMILES string of the molecule is COCc1cc(Cn2cccc2CNCC(C)C)no1. The fourth-order valence-electron chi connectivity index (χ4n) is 2.07. The molecule has 20 heavy (non-hydrogen) atoms. The van der Waals surface area contributed by atoms with Gasteiger partial charge in [0.15, 0.2) is 5.76 Å². The highest BCUT2D eigenvalue weighted by molar-refractivity contribution is 5.12. The van der Waals surface area contributed by atoms with Crippen molar-refractivity contribution in [2.24, 2.45) is 5.92 Å². The van der Waals surface area contributed by atoms with Gasteiger partial charge in [-0.3, -0.25) is 0 Å².